The van der Waals surface area contributed by atoms with Crippen LogP contribution in [-0.2, 0) is 4.79 Å². The van der Waals surface area contributed by atoms with Crippen LogP contribution in [0, 0.1) is 0 Å². The van der Waals surface area contributed by atoms with E-state index in [-0.39, 0.29) is 5.91 Å². The average molecular weight is 278 g/mol. The van der Waals surface area contributed by atoms with E-state index in [0.29, 0.717) is 0 Å². The summed E-state index contributed by atoms with van der Waals surface area (Å²) in [6.45, 7) is 0. The molecule has 1 heterocycles. The van der Waals surface area contributed by atoms with Crippen molar-refractivity contribution >= 4 is 34.9 Å². The maximum Gasteiger partial charge on any atom is 0.243 e. The first-order valence-corrected chi connectivity index (χ1v) is 6.64. The van der Waals surface area contributed by atoms with Gasteiger partial charge in [0.2, 0.25) is 5.91 Å². The predicted molar refractivity (Wildman–Crippen MR) is 77.9 cm³/mol. The summed E-state index contributed by atoms with van der Waals surface area (Å²) in [5.74, 6) is -0.104. The molecule has 0 aliphatic rings. The van der Waals surface area contributed by atoms with Gasteiger partial charge in [-0.15, -0.1) is 11.3 Å². The van der Waals surface area contributed by atoms with Crippen LogP contribution in [0.3, 0.4) is 0 Å². The van der Waals surface area contributed by atoms with E-state index in [2.05, 4.69) is 5.32 Å². The van der Waals surface area contributed by atoms with Crippen LogP contribution in [0.5, 0.6) is 0 Å². The van der Waals surface area contributed by atoms with Crippen molar-refractivity contribution in [3.8, 4) is 10.4 Å². The van der Waals surface area contributed by atoms with Crippen LogP contribution < -0.4 is 5.32 Å². The van der Waals surface area contributed by atoms with Crippen LogP contribution in [0.4, 0.5) is 0 Å². The van der Waals surface area contributed by atoms with Gasteiger partial charge in [-0.2, -0.15) is 0 Å². The Morgan fingerprint density at radius 3 is 2.89 bits per heavy atom. The van der Waals surface area contributed by atoms with Gasteiger partial charge in [-0.1, -0.05) is 23.7 Å². The molecule has 0 unspecified atom stereocenters. The number of amides is 1. The highest BCUT2D eigenvalue weighted by Gasteiger charge is 2.02. The normalized spacial score (nSPS) is 10.8. The van der Waals surface area contributed by atoms with Gasteiger partial charge in [-0.05, 0) is 35.9 Å². The van der Waals surface area contributed by atoms with Crippen molar-refractivity contribution in [2.45, 2.75) is 0 Å². The lowest BCUT2D eigenvalue weighted by Crippen LogP contribution is -2.13. The van der Waals surface area contributed by atoms with Gasteiger partial charge in [0.25, 0.3) is 0 Å². The Bertz CT molecular complexity index is 589. The number of halogens is 1. The molecule has 2 rings (SSSR count). The number of carbonyl (C=O) groups is 1. The molecule has 1 aromatic carbocycles. The first-order chi connectivity index (χ1) is 8.69. The van der Waals surface area contributed by atoms with Crippen molar-refractivity contribution in [3.63, 3.8) is 0 Å². The third-order valence-corrected chi connectivity index (χ3v) is 3.72. The van der Waals surface area contributed by atoms with Crippen LogP contribution in [0.25, 0.3) is 16.5 Å². The van der Waals surface area contributed by atoms with E-state index in [4.69, 9.17) is 11.6 Å². The van der Waals surface area contributed by atoms with E-state index in [9.17, 15) is 4.79 Å². The molecular formula is C14H12ClNOS. The summed E-state index contributed by atoms with van der Waals surface area (Å²) >= 11 is 7.58. The van der Waals surface area contributed by atoms with Crippen molar-refractivity contribution in [1.82, 2.24) is 5.32 Å². The van der Waals surface area contributed by atoms with Gasteiger partial charge in [0.05, 0.1) is 0 Å². The third-order valence-electron chi connectivity index (χ3n) is 2.38. The lowest BCUT2D eigenvalue weighted by atomic mass is 10.2. The van der Waals surface area contributed by atoms with Crippen molar-refractivity contribution in [3.05, 3.63) is 52.4 Å². The fourth-order valence-corrected chi connectivity index (χ4v) is 2.58. The molecule has 0 saturated heterocycles. The van der Waals surface area contributed by atoms with Crippen molar-refractivity contribution in [1.29, 1.82) is 0 Å². The Morgan fingerprint density at radius 1 is 1.33 bits per heavy atom. The monoisotopic (exact) mass is 277 g/mol. The highest BCUT2D eigenvalue weighted by Crippen LogP contribution is 2.30. The molecule has 18 heavy (non-hydrogen) atoms. The molecular weight excluding hydrogens is 266 g/mol. The molecule has 0 atom stereocenters. The molecule has 0 saturated carbocycles. The number of carbonyl (C=O) groups excluding carboxylic acids is 1. The number of benzene rings is 1. The Morgan fingerprint density at radius 2 is 2.17 bits per heavy atom. The van der Waals surface area contributed by atoms with Gasteiger partial charge in [-0.25, -0.2) is 0 Å². The number of hydrogen-bond acceptors (Lipinski definition) is 2. The maximum absolute atomic E-state index is 11.1. The molecule has 0 fully saturated rings. The van der Waals surface area contributed by atoms with Crippen LogP contribution in [0.2, 0.25) is 5.02 Å². The molecule has 1 N–H and O–H groups in total. The molecule has 0 bridgehead atoms. The van der Waals surface area contributed by atoms with E-state index in [1.54, 1.807) is 24.5 Å². The van der Waals surface area contributed by atoms with Crippen LogP contribution in [0.15, 0.2) is 42.5 Å². The van der Waals surface area contributed by atoms with Crippen molar-refractivity contribution in [2.24, 2.45) is 0 Å². The van der Waals surface area contributed by atoms with Gasteiger partial charge in [0, 0.05) is 27.9 Å². The first kappa shape index (κ1) is 12.9. The lowest BCUT2D eigenvalue weighted by Gasteiger charge is -1.96. The zero-order valence-corrected chi connectivity index (χ0v) is 11.4. The second-order valence-electron chi connectivity index (χ2n) is 3.66. The minimum Gasteiger partial charge on any atom is -0.356 e. The summed E-state index contributed by atoms with van der Waals surface area (Å²) in [6, 6.07) is 11.7. The summed E-state index contributed by atoms with van der Waals surface area (Å²) in [5.41, 5.74) is 1.09. The summed E-state index contributed by atoms with van der Waals surface area (Å²) in [4.78, 5) is 13.3. The minimum atomic E-state index is -0.104. The van der Waals surface area contributed by atoms with Crippen LogP contribution in [-0.4, -0.2) is 13.0 Å². The standard InChI is InChI=1S/C14H12ClNOS/c1-16-14(17)8-6-12-5-7-13(18-12)10-3-2-4-11(15)9-10/h2-9H,1H3,(H,16,17)/b8-6+. The molecule has 0 aliphatic heterocycles. The Balaban J connectivity index is 2.20. The van der Waals surface area contributed by atoms with Gasteiger partial charge in [0.15, 0.2) is 0 Å². The van der Waals surface area contributed by atoms with E-state index in [0.717, 1.165) is 20.3 Å². The molecule has 0 aliphatic carbocycles. The van der Waals surface area contributed by atoms with Gasteiger partial charge >= 0.3 is 0 Å². The third kappa shape index (κ3) is 3.22. The van der Waals surface area contributed by atoms with Crippen molar-refractivity contribution < 1.29 is 4.79 Å². The summed E-state index contributed by atoms with van der Waals surface area (Å²) in [6.07, 6.45) is 3.32. The van der Waals surface area contributed by atoms with E-state index < -0.39 is 0 Å². The molecule has 0 spiro atoms. The second kappa shape index (κ2) is 5.85. The Kier molecular flexibility index (Phi) is 4.18. The largest absolute Gasteiger partial charge is 0.356 e. The number of hydrogen-bond donors (Lipinski definition) is 1. The summed E-state index contributed by atoms with van der Waals surface area (Å²) < 4.78 is 0. The number of rotatable bonds is 3. The van der Waals surface area contributed by atoms with Crippen LogP contribution >= 0.6 is 22.9 Å². The smallest absolute Gasteiger partial charge is 0.243 e. The highest BCUT2D eigenvalue weighted by molar-refractivity contribution is 7.16. The SMILES string of the molecule is CNC(=O)/C=C/c1ccc(-c2cccc(Cl)c2)s1. The zero-order valence-electron chi connectivity index (χ0n) is 9.81. The lowest BCUT2D eigenvalue weighted by molar-refractivity contribution is -0.115. The predicted octanol–water partition coefficient (Wildman–Crippen LogP) is 3.83. The molecule has 1 aromatic heterocycles. The topological polar surface area (TPSA) is 29.1 Å². The van der Waals surface area contributed by atoms with E-state index in [1.165, 1.54) is 6.08 Å². The number of likely N-dealkylation sites (N-methyl/N-ethyl adjacent to an activating group) is 1. The zero-order chi connectivity index (χ0) is 13.0. The minimum absolute atomic E-state index is 0.104. The fraction of sp³-hybridized carbons (Fsp3) is 0.0714. The summed E-state index contributed by atoms with van der Waals surface area (Å²) in [7, 11) is 1.61. The first-order valence-electron chi connectivity index (χ1n) is 5.44. The van der Waals surface area contributed by atoms with Crippen molar-refractivity contribution in [2.75, 3.05) is 7.05 Å². The average Bonchev–Trinajstić information content (AvgIpc) is 2.84. The number of nitrogens with one attached hydrogen (secondary N) is 1. The summed E-state index contributed by atoms with van der Waals surface area (Å²) in [5, 5.41) is 3.27. The van der Waals surface area contributed by atoms with Gasteiger partial charge in [0.1, 0.15) is 0 Å². The number of thiophene rings is 1. The Hall–Kier alpha value is -1.58. The van der Waals surface area contributed by atoms with E-state index in [1.807, 2.05) is 36.4 Å². The molecule has 4 heteroatoms. The van der Waals surface area contributed by atoms with Gasteiger partial charge in [-0.3, -0.25) is 4.79 Å². The molecule has 2 aromatic rings. The molecule has 0 radical (unpaired) electrons. The highest BCUT2D eigenvalue weighted by atomic mass is 35.5. The second-order valence-corrected chi connectivity index (χ2v) is 5.21. The van der Waals surface area contributed by atoms with Gasteiger partial charge < -0.3 is 5.32 Å². The Labute approximate surface area is 115 Å². The molecule has 1 amide bonds. The van der Waals surface area contributed by atoms with Crippen LogP contribution in [0.1, 0.15) is 4.88 Å². The maximum atomic E-state index is 11.1. The molecule has 2 nitrogen and oxygen atoms in total. The quantitative estimate of drug-likeness (QED) is 0.849. The van der Waals surface area contributed by atoms with E-state index >= 15 is 0 Å². The molecule has 92 valence electrons. The fourth-order valence-electron chi connectivity index (χ4n) is 1.48.